The minimum absolute atomic E-state index is 0.153. The maximum atomic E-state index is 2.28. The fourth-order valence-corrected chi connectivity index (χ4v) is 1.85. The molecule has 0 aliphatic heterocycles. The molecule has 0 heterocycles. The molecule has 0 aromatic heterocycles. The highest BCUT2D eigenvalue weighted by molar-refractivity contribution is 5.38. The van der Waals surface area contributed by atoms with E-state index in [4.69, 9.17) is 0 Å². The highest BCUT2D eigenvalue weighted by Crippen LogP contribution is 2.32. The molecular formula is C18H30. The third kappa shape index (κ3) is 4.68. The summed E-state index contributed by atoms with van der Waals surface area (Å²) in [6.07, 6.45) is 4.84. The third-order valence-electron chi connectivity index (χ3n) is 3.74. The van der Waals surface area contributed by atoms with Crippen molar-refractivity contribution in [1.82, 2.24) is 0 Å². The van der Waals surface area contributed by atoms with Gasteiger partial charge in [-0.2, -0.15) is 0 Å². The molecule has 0 unspecified atom stereocenters. The van der Waals surface area contributed by atoms with Gasteiger partial charge in [-0.15, -0.1) is 0 Å². The Morgan fingerprint density at radius 2 is 1.61 bits per heavy atom. The Kier molecular flexibility index (Phi) is 7.66. The smallest absolute Gasteiger partial charge is 0.0105 e. The fourth-order valence-electron chi connectivity index (χ4n) is 1.85. The fraction of sp³-hybridized carbons (Fsp3) is 0.556. The Morgan fingerprint density at radius 3 is 2.00 bits per heavy atom. The summed E-state index contributed by atoms with van der Waals surface area (Å²) >= 11 is 0. The number of hydrogen-bond donors (Lipinski definition) is 0. The summed E-state index contributed by atoms with van der Waals surface area (Å²) in [6.45, 7) is 15.4. The molecule has 0 atom stereocenters. The monoisotopic (exact) mass is 246 g/mol. The predicted octanol–water partition coefficient (Wildman–Crippen LogP) is 6.05. The minimum Gasteiger partial charge on any atom is -0.0879 e. The molecule has 0 spiro atoms. The van der Waals surface area contributed by atoms with E-state index in [-0.39, 0.29) is 5.41 Å². The molecular weight excluding hydrogens is 216 g/mol. The lowest BCUT2D eigenvalue weighted by Gasteiger charge is -2.28. The zero-order valence-corrected chi connectivity index (χ0v) is 13.3. The van der Waals surface area contributed by atoms with Crippen LogP contribution in [0.1, 0.15) is 65.5 Å². The van der Waals surface area contributed by atoms with Gasteiger partial charge in [0, 0.05) is 5.41 Å². The van der Waals surface area contributed by atoms with Gasteiger partial charge in [-0.25, -0.2) is 0 Å². The lowest BCUT2D eigenvalue weighted by atomic mass is 9.76. The maximum Gasteiger partial charge on any atom is 0.0105 e. The summed E-state index contributed by atoms with van der Waals surface area (Å²) in [7, 11) is 0. The van der Waals surface area contributed by atoms with Gasteiger partial charge in [0.05, 0.1) is 0 Å². The highest BCUT2D eigenvalue weighted by Gasteiger charge is 2.23. The molecule has 0 saturated heterocycles. The molecule has 0 radical (unpaired) electrons. The van der Waals surface area contributed by atoms with Gasteiger partial charge in [0.2, 0.25) is 0 Å². The number of unbranched alkanes of at least 4 members (excludes halogenated alkanes) is 1. The van der Waals surface area contributed by atoms with E-state index in [0.29, 0.717) is 0 Å². The molecule has 1 rings (SSSR count). The summed E-state index contributed by atoms with van der Waals surface area (Å²) in [5.41, 5.74) is 4.38. The normalized spacial score (nSPS) is 11.8. The van der Waals surface area contributed by atoms with Gasteiger partial charge in [0.1, 0.15) is 0 Å². The van der Waals surface area contributed by atoms with Crippen LogP contribution in [0.4, 0.5) is 0 Å². The van der Waals surface area contributed by atoms with Crippen molar-refractivity contribution < 1.29 is 0 Å². The van der Waals surface area contributed by atoms with Crippen LogP contribution in [0.2, 0.25) is 0 Å². The van der Waals surface area contributed by atoms with Crippen molar-refractivity contribution in [3.05, 3.63) is 47.0 Å². The van der Waals surface area contributed by atoms with E-state index >= 15 is 0 Å². The molecule has 1 aromatic carbocycles. The molecule has 0 nitrogen and oxygen atoms in total. The number of allylic oxidation sites excluding steroid dienone is 2. The van der Waals surface area contributed by atoms with E-state index < -0.39 is 0 Å². The first kappa shape index (κ1) is 17.0. The molecule has 0 bridgehead atoms. The van der Waals surface area contributed by atoms with E-state index in [1.54, 1.807) is 0 Å². The lowest BCUT2D eigenvalue weighted by molar-refractivity contribution is 0.618. The van der Waals surface area contributed by atoms with Gasteiger partial charge in [0.15, 0.2) is 0 Å². The number of benzene rings is 1. The summed E-state index contributed by atoms with van der Waals surface area (Å²) in [6, 6.07) is 8.62. The maximum absolute atomic E-state index is 2.28. The van der Waals surface area contributed by atoms with Crippen LogP contribution >= 0.6 is 0 Å². The van der Waals surface area contributed by atoms with Crippen LogP contribution < -0.4 is 0 Å². The Hall–Kier alpha value is -1.04. The van der Waals surface area contributed by atoms with Gasteiger partial charge >= 0.3 is 0 Å². The Labute approximate surface area is 114 Å². The zero-order valence-electron chi connectivity index (χ0n) is 13.3. The van der Waals surface area contributed by atoms with Gasteiger partial charge in [-0.05, 0) is 31.9 Å². The van der Waals surface area contributed by atoms with Crippen molar-refractivity contribution in [2.75, 3.05) is 0 Å². The topological polar surface area (TPSA) is 0 Å². The van der Waals surface area contributed by atoms with Crippen molar-refractivity contribution in [2.24, 2.45) is 0 Å². The van der Waals surface area contributed by atoms with Crippen LogP contribution in [-0.4, -0.2) is 0 Å². The minimum atomic E-state index is 0.153. The number of rotatable bonds is 3. The molecule has 0 amide bonds. The molecule has 0 fully saturated rings. The number of hydrogen-bond acceptors (Lipinski definition) is 0. The van der Waals surface area contributed by atoms with Gasteiger partial charge in [-0.1, -0.05) is 76.5 Å². The highest BCUT2D eigenvalue weighted by atomic mass is 14.3. The predicted molar refractivity (Wildman–Crippen MR) is 84.2 cm³/mol. The first-order valence-corrected chi connectivity index (χ1v) is 7.11. The zero-order chi connectivity index (χ0) is 14.2. The van der Waals surface area contributed by atoms with Crippen molar-refractivity contribution in [2.45, 2.75) is 66.7 Å². The van der Waals surface area contributed by atoms with E-state index in [1.807, 2.05) is 0 Å². The Balaban J connectivity index is 0.000000631. The van der Waals surface area contributed by atoms with E-state index in [1.165, 1.54) is 29.5 Å². The molecule has 0 N–H and O–H groups in total. The second-order valence-corrected chi connectivity index (χ2v) is 5.41. The van der Waals surface area contributed by atoms with Crippen LogP contribution in [0.5, 0.6) is 0 Å². The standard InChI is InChI=1S/C14H20.C4H10/c1-6-12(3)14(4,5)13-10-8-7-9-11(13)2;1-3-4-2/h6-10H,1-5H3;3-4H2,1-2H3/b12-6-;. The van der Waals surface area contributed by atoms with E-state index in [9.17, 15) is 0 Å². The summed E-state index contributed by atoms with van der Waals surface area (Å²) in [4.78, 5) is 0. The Bertz CT molecular complexity index is 367. The van der Waals surface area contributed by atoms with E-state index in [2.05, 4.69) is 78.8 Å². The third-order valence-corrected chi connectivity index (χ3v) is 3.74. The largest absolute Gasteiger partial charge is 0.0879 e. The van der Waals surface area contributed by atoms with Crippen LogP contribution in [0.3, 0.4) is 0 Å². The van der Waals surface area contributed by atoms with Crippen molar-refractivity contribution in [1.29, 1.82) is 0 Å². The van der Waals surface area contributed by atoms with Crippen LogP contribution in [-0.2, 0) is 5.41 Å². The molecule has 0 heteroatoms. The van der Waals surface area contributed by atoms with Crippen LogP contribution in [0, 0.1) is 6.92 Å². The average Bonchev–Trinajstić information content (AvgIpc) is 2.38. The number of aryl methyl sites for hydroxylation is 1. The first-order valence-electron chi connectivity index (χ1n) is 7.11. The first-order chi connectivity index (χ1) is 8.41. The summed E-state index contributed by atoms with van der Waals surface area (Å²) in [5.74, 6) is 0. The van der Waals surface area contributed by atoms with Crippen molar-refractivity contribution in [3.63, 3.8) is 0 Å². The van der Waals surface area contributed by atoms with E-state index in [0.717, 1.165) is 0 Å². The van der Waals surface area contributed by atoms with Crippen LogP contribution in [0.25, 0.3) is 0 Å². The van der Waals surface area contributed by atoms with Crippen molar-refractivity contribution >= 4 is 0 Å². The molecule has 0 aliphatic rings. The molecule has 0 saturated carbocycles. The molecule has 1 aromatic rings. The lowest BCUT2D eigenvalue weighted by Crippen LogP contribution is -2.19. The average molecular weight is 246 g/mol. The van der Waals surface area contributed by atoms with Gasteiger partial charge < -0.3 is 0 Å². The Morgan fingerprint density at radius 1 is 1.11 bits per heavy atom. The van der Waals surface area contributed by atoms with Crippen LogP contribution in [0.15, 0.2) is 35.9 Å². The van der Waals surface area contributed by atoms with Crippen molar-refractivity contribution in [3.8, 4) is 0 Å². The molecule has 102 valence electrons. The molecule has 18 heavy (non-hydrogen) atoms. The summed E-state index contributed by atoms with van der Waals surface area (Å²) < 4.78 is 0. The van der Waals surface area contributed by atoms with Gasteiger partial charge in [-0.3, -0.25) is 0 Å². The second-order valence-electron chi connectivity index (χ2n) is 5.41. The quantitative estimate of drug-likeness (QED) is 0.570. The SMILES string of the molecule is C/C=C(/C)C(C)(C)c1ccccc1C.CCCC. The second kappa shape index (κ2) is 8.13. The van der Waals surface area contributed by atoms with Gasteiger partial charge in [0.25, 0.3) is 0 Å². The molecule has 0 aliphatic carbocycles. The summed E-state index contributed by atoms with van der Waals surface area (Å²) in [5, 5.41) is 0.